The van der Waals surface area contributed by atoms with Crippen LogP contribution in [-0.4, -0.2) is 49.8 Å². The summed E-state index contributed by atoms with van der Waals surface area (Å²) >= 11 is 0. The Balaban J connectivity index is 2.00. The van der Waals surface area contributed by atoms with Crippen LogP contribution in [0.1, 0.15) is 67.7 Å². The van der Waals surface area contributed by atoms with E-state index in [0.29, 0.717) is 42.0 Å². The van der Waals surface area contributed by atoms with Crippen LogP contribution in [0.2, 0.25) is 0 Å². The minimum Gasteiger partial charge on any atom is -0.393 e. The average Bonchev–Trinajstić information content (AvgIpc) is 3.23. The first kappa shape index (κ1) is 27.5. The van der Waals surface area contributed by atoms with Crippen LogP contribution in [0.25, 0.3) is 11.4 Å². The van der Waals surface area contributed by atoms with Gasteiger partial charge in [0, 0.05) is 31.3 Å². The number of carbonyl (C=O) groups excluding carboxylic acids is 1. The average molecular weight is 500 g/mol. The predicted molar refractivity (Wildman–Crippen MR) is 135 cm³/mol. The highest BCUT2D eigenvalue weighted by atomic mass is 19.1. The number of amides is 1. The fourth-order valence-electron chi connectivity index (χ4n) is 4.27. The lowest BCUT2D eigenvalue weighted by atomic mass is 10.0. The summed E-state index contributed by atoms with van der Waals surface area (Å²) in [6.07, 6.45) is -0.169. The van der Waals surface area contributed by atoms with Crippen LogP contribution >= 0.6 is 0 Å². The van der Waals surface area contributed by atoms with Crippen molar-refractivity contribution in [3.05, 3.63) is 77.1 Å². The Kier molecular flexibility index (Phi) is 9.34. The van der Waals surface area contributed by atoms with E-state index in [0.717, 1.165) is 0 Å². The third-order valence-corrected chi connectivity index (χ3v) is 6.27. The van der Waals surface area contributed by atoms with Crippen LogP contribution in [0.3, 0.4) is 0 Å². The summed E-state index contributed by atoms with van der Waals surface area (Å²) < 4.78 is 29.7. The highest BCUT2D eigenvalue weighted by molar-refractivity contribution is 5.94. The molecule has 2 atom stereocenters. The third-order valence-electron chi connectivity index (χ3n) is 6.27. The van der Waals surface area contributed by atoms with Gasteiger partial charge < -0.3 is 19.7 Å². The molecule has 1 amide bonds. The minimum absolute atomic E-state index is 0.0788. The van der Waals surface area contributed by atoms with Crippen molar-refractivity contribution >= 4 is 5.91 Å². The molecule has 8 heteroatoms. The lowest BCUT2D eigenvalue weighted by Crippen LogP contribution is -2.28. The summed E-state index contributed by atoms with van der Waals surface area (Å²) in [4.78, 5) is 19.7. The summed E-state index contributed by atoms with van der Waals surface area (Å²) in [6, 6.07) is 12.2. The molecule has 2 aromatic carbocycles. The van der Waals surface area contributed by atoms with Crippen LogP contribution in [0.15, 0.2) is 48.5 Å². The van der Waals surface area contributed by atoms with E-state index in [-0.39, 0.29) is 42.1 Å². The van der Waals surface area contributed by atoms with Crippen LogP contribution in [0.4, 0.5) is 8.78 Å². The van der Waals surface area contributed by atoms with Gasteiger partial charge in [-0.2, -0.15) is 0 Å². The molecule has 2 unspecified atom stereocenters. The van der Waals surface area contributed by atoms with E-state index in [1.165, 1.54) is 23.1 Å². The van der Waals surface area contributed by atoms with Gasteiger partial charge in [-0.3, -0.25) is 4.79 Å². The van der Waals surface area contributed by atoms with Crippen LogP contribution < -0.4 is 0 Å². The third kappa shape index (κ3) is 6.56. The highest BCUT2D eigenvalue weighted by Crippen LogP contribution is 2.30. The molecule has 36 heavy (non-hydrogen) atoms. The second-order valence-electron chi connectivity index (χ2n) is 9.48. The number of imidazole rings is 1. The minimum atomic E-state index is -0.730. The maximum Gasteiger partial charge on any atom is 0.274 e. The fraction of sp³-hybridized carbons (Fsp3) is 0.429. The number of carbonyl (C=O) groups is 1. The molecule has 0 aliphatic rings. The SMILES string of the molecule is CCC(O)CC(O)CCn1c(-c2ccc(F)cc2)nc(C(=O)N(C)Cc2ccccc2F)c1C(C)C. The molecular formula is C28H35F2N3O3. The zero-order valence-electron chi connectivity index (χ0n) is 21.3. The monoisotopic (exact) mass is 499 g/mol. The van der Waals surface area contributed by atoms with Crippen molar-refractivity contribution in [2.24, 2.45) is 0 Å². The van der Waals surface area contributed by atoms with Crippen molar-refractivity contribution in [2.75, 3.05) is 7.05 Å². The first-order valence-corrected chi connectivity index (χ1v) is 12.3. The standard InChI is InChI=1S/C28H35F2N3O3/c1-5-22(34)16-23(35)14-15-33-26(18(2)3)25(31-27(33)19-10-12-21(29)13-11-19)28(36)32(4)17-20-8-6-7-9-24(20)30/h6-13,18,22-23,34-35H,5,14-17H2,1-4H3. The summed E-state index contributed by atoms with van der Waals surface area (Å²) in [5.41, 5.74) is 1.96. The van der Waals surface area contributed by atoms with Gasteiger partial charge in [-0.25, -0.2) is 13.8 Å². The number of rotatable bonds is 11. The van der Waals surface area contributed by atoms with Gasteiger partial charge in [0.1, 0.15) is 17.5 Å². The number of aliphatic hydroxyl groups excluding tert-OH is 2. The van der Waals surface area contributed by atoms with Gasteiger partial charge in [0.15, 0.2) is 5.69 Å². The molecule has 6 nitrogen and oxygen atoms in total. The van der Waals surface area contributed by atoms with Gasteiger partial charge in [-0.1, -0.05) is 39.0 Å². The Morgan fingerprint density at radius 3 is 2.33 bits per heavy atom. The Morgan fingerprint density at radius 1 is 1.06 bits per heavy atom. The number of hydrogen-bond donors (Lipinski definition) is 2. The molecule has 0 radical (unpaired) electrons. The molecule has 0 fully saturated rings. The van der Waals surface area contributed by atoms with Crippen molar-refractivity contribution in [2.45, 2.75) is 71.2 Å². The second-order valence-corrected chi connectivity index (χ2v) is 9.48. The van der Waals surface area contributed by atoms with Crippen molar-refractivity contribution in [1.82, 2.24) is 14.5 Å². The summed E-state index contributed by atoms with van der Waals surface area (Å²) in [7, 11) is 1.60. The highest BCUT2D eigenvalue weighted by Gasteiger charge is 2.28. The van der Waals surface area contributed by atoms with E-state index >= 15 is 0 Å². The number of hydrogen-bond acceptors (Lipinski definition) is 4. The molecule has 0 spiro atoms. The Bertz CT molecular complexity index is 1160. The van der Waals surface area contributed by atoms with Crippen LogP contribution in [0.5, 0.6) is 0 Å². The lowest BCUT2D eigenvalue weighted by molar-refractivity contribution is 0.0711. The molecule has 194 valence electrons. The van der Waals surface area contributed by atoms with E-state index in [1.807, 2.05) is 25.3 Å². The number of aliphatic hydroxyl groups is 2. The normalized spacial score (nSPS) is 13.1. The molecule has 3 aromatic rings. The fourth-order valence-corrected chi connectivity index (χ4v) is 4.27. The van der Waals surface area contributed by atoms with E-state index in [1.54, 1.807) is 37.4 Å². The Morgan fingerprint density at radius 2 is 1.72 bits per heavy atom. The molecule has 0 saturated carbocycles. The van der Waals surface area contributed by atoms with Crippen molar-refractivity contribution in [3.63, 3.8) is 0 Å². The number of halogens is 2. The zero-order valence-corrected chi connectivity index (χ0v) is 21.3. The van der Waals surface area contributed by atoms with Gasteiger partial charge in [-0.05, 0) is 55.5 Å². The van der Waals surface area contributed by atoms with Gasteiger partial charge in [-0.15, -0.1) is 0 Å². The van der Waals surface area contributed by atoms with E-state index in [9.17, 15) is 23.8 Å². The second kappa shape index (κ2) is 12.2. The summed E-state index contributed by atoms with van der Waals surface area (Å²) in [5, 5.41) is 20.4. The molecule has 0 saturated heterocycles. The molecule has 1 heterocycles. The quantitative estimate of drug-likeness (QED) is 0.383. The van der Waals surface area contributed by atoms with Crippen molar-refractivity contribution in [3.8, 4) is 11.4 Å². The largest absolute Gasteiger partial charge is 0.393 e. The van der Waals surface area contributed by atoms with E-state index < -0.39 is 12.2 Å². The van der Waals surface area contributed by atoms with Crippen molar-refractivity contribution < 1.29 is 23.8 Å². The number of nitrogens with zero attached hydrogens (tertiary/aromatic N) is 3. The summed E-state index contributed by atoms with van der Waals surface area (Å²) in [5.74, 6) is -0.727. The molecule has 0 aliphatic carbocycles. The molecule has 0 aliphatic heterocycles. The zero-order chi connectivity index (χ0) is 26.4. The smallest absolute Gasteiger partial charge is 0.274 e. The van der Waals surface area contributed by atoms with E-state index in [2.05, 4.69) is 0 Å². The van der Waals surface area contributed by atoms with Gasteiger partial charge in [0.2, 0.25) is 0 Å². The summed E-state index contributed by atoms with van der Waals surface area (Å²) in [6.45, 7) is 6.19. The van der Waals surface area contributed by atoms with Gasteiger partial charge in [0.25, 0.3) is 5.91 Å². The maximum atomic E-state index is 14.2. The Labute approximate surface area is 211 Å². The van der Waals surface area contributed by atoms with Crippen molar-refractivity contribution in [1.29, 1.82) is 0 Å². The molecule has 1 aromatic heterocycles. The first-order chi connectivity index (χ1) is 17.1. The number of aromatic nitrogens is 2. The van der Waals surface area contributed by atoms with Crippen LogP contribution in [0, 0.1) is 11.6 Å². The molecule has 3 rings (SSSR count). The molecular weight excluding hydrogens is 464 g/mol. The van der Waals surface area contributed by atoms with Gasteiger partial charge in [0.05, 0.1) is 17.9 Å². The van der Waals surface area contributed by atoms with Gasteiger partial charge >= 0.3 is 0 Å². The molecule has 0 bridgehead atoms. The number of benzene rings is 2. The predicted octanol–water partition coefficient (Wildman–Crippen LogP) is 5.14. The topological polar surface area (TPSA) is 78.6 Å². The first-order valence-electron chi connectivity index (χ1n) is 12.3. The lowest BCUT2D eigenvalue weighted by Gasteiger charge is -2.20. The Hall–Kier alpha value is -3.10. The molecule has 2 N–H and O–H groups in total. The maximum absolute atomic E-state index is 14.2. The van der Waals surface area contributed by atoms with Crippen LogP contribution in [-0.2, 0) is 13.1 Å². The van der Waals surface area contributed by atoms with E-state index in [4.69, 9.17) is 4.98 Å².